The number of carbonyl (C=O) groups excluding carboxylic acids is 1. The van der Waals surface area contributed by atoms with Crippen LogP contribution in [0.4, 0.5) is 5.82 Å². The number of pyridine rings is 2. The van der Waals surface area contributed by atoms with Crippen LogP contribution >= 0.6 is 0 Å². The van der Waals surface area contributed by atoms with E-state index >= 15 is 0 Å². The van der Waals surface area contributed by atoms with Crippen LogP contribution in [0.1, 0.15) is 38.2 Å². The van der Waals surface area contributed by atoms with Crippen molar-refractivity contribution >= 4 is 22.8 Å². The molecular formula is C30H27N5O. The Morgan fingerprint density at radius 2 is 1.72 bits per heavy atom. The highest BCUT2D eigenvalue weighted by Gasteiger charge is 2.44. The van der Waals surface area contributed by atoms with Crippen LogP contribution in [-0.4, -0.2) is 25.3 Å². The summed E-state index contributed by atoms with van der Waals surface area (Å²) in [6, 6.07) is 26.2. The van der Waals surface area contributed by atoms with Crippen LogP contribution in [0, 0.1) is 0 Å². The zero-order valence-corrected chi connectivity index (χ0v) is 20.2. The maximum absolute atomic E-state index is 12.8. The number of hydrogen-bond acceptors (Lipinski definition) is 5. The molecule has 1 aliphatic rings. The van der Waals surface area contributed by atoms with Gasteiger partial charge in [-0.25, -0.2) is 15.0 Å². The Kier molecular flexibility index (Phi) is 5.37. The summed E-state index contributed by atoms with van der Waals surface area (Å²) < 4.78 is 2.04. The number of aromatic nitrogens is 4. The van der Waals surface area contributed by atoms with Crippen LogP contribution in [0.15, 0.2) is 85.1 Å². The number of anilines is 1. The van der Waals surface area contributed by atoms with Crippen molar-refractivity contribution in [3.8, 4) is 28.3 Å². The summed E-state index contributed by atoms with van der Waals surface area (Å²) in [5.41, 5.74) is 12.1. The maximum Gasteiger partial charge on any atom is 0.165 e. The van der Waals surface area contributed by atoms with Gasteiger partial charge in [-0.3, -0.25) is 9.36 Å². The highest BCUT2D eigenvalue weighted by atomic mass is 16.1. The molecule has 1 saturated carbocycles. The number of nitrogen functional groups attached to an aromatic ring is 1. The van der Waals surface area contributed by atoms with Crippen molar-refractivity contribution in [2.45, 2.75) is 38.0 Å². The predicted molar refractivity (Wildman–Crippen MR) is 143 cm³/mol. The van der Waals surface area contributed by atoms with Crippen molar-refractivity contribution < 1.29 is 4.79 Å². The third kappa shape index (κ3) is 3.49. The first kappa shape index (κ1) is 22.2. The lowest BCUT2D eigenvalue weighted by Crippen LogP contribution is -2.42. The van der Waals surface area contributed by atoms with E-state index in [0.29, 0.717) is 23.8 Å². The van der Waals surface area contributed by atoms with Crippen LogP contribution in [-0.2, 0) is 10.2 Å². The Bertz CT molecular complexity index is 1570. The van der Waals surface area contributed by atoms with E-state index < -0.39 is 0 Å². The number of carbonyl (C=O) groups is 1. The summed E-state index contributed by atoms with van der Waals surface area (Å²) in [6.07, 6.45) is 5.18. The summed E-state index contributed by atoms with van der Waals surface area (Å²) >= 11 is 0. The van der Waals surface area contributed by atoms with Crippen molar-refractivity contribution in [2.75, 3.05) is 5.73 Å². The molecule has 0 amide bonds. The fourth-order valence-electron chi connectivity index (χ4n) is 5.29. The van der Waals surface area contributed by atoms with Gasteiger partial charge in [-0.1, -0.05) is 55.8 Å². The zero-order chi connectivity index (χ0) is 24.7. The number of benzene rings is 2. The van der Waals surface area contributed by atoms with Crippen molar-refractivity contribution in [2.24, 2.45) is 0 Å². The minimum Gasteiger partial charge on any atom is -0.383 e. The van der Waals surface area contributed by atoms with E-state index in [0.717, 1.165) is 58.5 Å². The summed E-state index contributed by atoms with van der Waals surface area (Å²) in [6.45, 7) is 1.95. The molecule has 0 spiro atoms. The molecule has 178 valence electrons. The number of rotatable bonds is 6. The Balaban J connectivity index is 1.54. The molecule has 5 aromatic rings. The van der Waals surface area contributed by atoms with Gasteiger partial charge in [0.25, 0.3) is 0 Å². The predicted octanol–water partition coefficient (Wildman–Crippen LogP) is 6.13. The van der Waals surface area contributed by atoms with Crippen molar-refractivity contribution in [1.82, 2.24) is 19.5 Å². The Labute approximate surface area is 209 Å². The highest BCUT2D eigenvalue weighted by Crippen LogP contribution is 2.45. The third-order valence-corrected chi connectivity index (χ3v) is 7.39. The van der Waals surface area contributed by atoms with E-state index in [4.69, 9.17) is 15.7 Å². The van der Waals surface area contributed by atoms with Gasteiger partial charge in [-0.2, -0.15) is 0 Å². The molecular weight excluding hydrogens is 446 g/mol. The number of hydrogen-bond donors (Lipinski definition) is 1. The molecule has 6 nitrogen and oxygen atoms in total. The van der Waals surface area contributed by atoms with E-state index in [1.807, 2.05) is 66.1 Å². The number of nitrogens with two attached hydrogens (primary N) is 1. The van der Waals surface area contributed by atoms with Crippen LogP contribution < -0.4 is 5.73 Å². The normalized spacial score (nSPS) is 14.5. The molecule has 1 aliphatic carbocycles. The van der Waals surface area contributed by atoms with Gasteiger partial charge in [0.2, 0.25) is 0 Å². The number of nitrogens with zero attached hydrogens (tertiary/aromatic N) is 4. The van der Waals surface area contributed by atoms with Gasteiger partial charge in [0.15, 0.2) is 11.5 Å². The zero-order valence-electron chi connectivity index (χ0n) is 20.2. The molecule has 2 aromatic carbocycles. The molecule has 2 N–H and O–H groups in total. The van der Waals surface area contributed by atoms with E-state index in [2.05, 4.69) is 29.2 Å². The van der Waals surface area contributed by atoms with E-state index in [9.17, 15) is 4.79 Å². The fourth-order valence-corrected chi connectivity index (χ4v) is 5.29. The fraction of sp³-hybridized carbons (Fsp3) is 0.200. The third-order valence-electron chi connectivity index (χ3n) is 7.39. The molecule has 0 saturated heterocycles. The van der Waals surface area contributed by atoms with Crippen molar-refractivity contribution in [3.63, 3.8) is 0 Å². The van der Waals surface area contributed by atoms with E-state index in [1.165, 1.54) is 0 Å². The molecule has 6 rings (SSSR count). The summed E-state index contributed by atoms with van der Waals surface area (Å²) in [5.74, 6) is 1.42. The lowest BCUT2D eigenvalue weighted by Gasteiger charge is -2.41. The molecule has 3 heterocycles. The molecule has 0 atom stereocenters. The lowest BCUT2D eigenvalue weighted by molar-refractivity contribution is -0.127. The second kappa shape index (κ2) is 8.72. The first-order valence-electron chi connectivity index (χ1n) is 12.4. The molecule has 1 fully saturated rings. The average Bonchev–Trinajstić information content (AvgIpc) is 3.27. The smallest absolute Gasteiger partial charge is 0.165 e. The molecule has 0 aliphatic heterocycles. The van der Waals surface area contributed by atoms with Gasteiger partial charge >= 0.3 is 0 Å². The molecule has 6 heteroatoms. The second-order valence-corrected chi connectivity index (χ2v) is 9.37. The molecule has 0 bridgehead atoms. The first-order chi connectivity index (χ1) is 17.6. The topological polar surface area (TPSA) is 86.7 Å². The second-order valence-electron chi connectivity index (χ2n) is 9.37. The van der Waals surface area contributed by atoms with E-state index in [1.54, 1.807) is 6.20 Å². The van der Waals surface area contributed by atoms with Gasteiger partial charge in [-0.15, -0.1) is 0 Å². The molecule has 0 radical (unpaired) electrons. The van der Waals surface area contributed by atoms with Gasteiger partial charge in [0.05, 0.1) is 16.7 Å². The van der Waals surface area contributed by atoms with Crippen molar-refractivity contribution in [1.29, 1.82) is 0 Å². The molecule has 3 aromatic heterocycles. The van der Waals surface area contributed by atoms with Gasteiger partial charge in [-0.05, 0) is 54.8 Å². The van der Waals surface area contributed by atoms with Crippen LogP contribution in [0.25, 0.3) is 39.5 Å². The average molecular weight is 474 g/mol. The number of fused-ring (bicyclic) bond motifs is 1. The van der Waals surface area contributed by atoms with Crippen LogP contribution in [0.5, 0.6) is 0 Å². The largest absolute Gasteiger partial charge is 0.383 e. The summed E-state index contributed by atoms with van der Waals surface area (Å²) in [7, 11) is 0. The minimum absolute atomic E-state index is 0.326. The minimum atomic E-state index is -0.334. The Morgan fingerprint density at radius 1 is 0.944 bits per heavy atom. The van der Waals surface area contributed by atoms with Gasteiger partial charge in [0.1, 0.15) is 17.1 Å². The summed E-state index contributed by atoms with van der Waals surface area (Å²) in [5, 5.41) is 0. The maximum atomic E-state index is 12.8. The van der Waals surface area contributed by atoms with Crippen LogP contribution in [0.2, 0.25) is 0 Å². The number of imidazole rings is 1. The Morgan fingerprint density at radius 3 is 2.39 bits per heavy atom. The standard InChI is InChI=1S/C30H27N5O/c1-2-26(36)30(17-7-18-30)21-11-13-22(14-12-21)35-28(23-10-6-19-32-27(23)31)34-25-16-15-24(33-29(25)35)20-8-4-3-5-9-20/h3-6,8-16,19H,2,7,17-18H2,1H3,(H2,31,32). The van der Waals surface area contributed by atoms with E-state index in [-0.39, 0.29) is 5.41 Å². The number of ketones is 1. The van der Waals surface area contributed by atoms with Gasteiger partial charge in [0, 0.05) is 23.9 Å². The lowest BCUT2D eigenvalue weighted by atomic mass is 9.61. The monoisotopic (exact) mass is 473 g/mol. The van der Waals surface area contributed by atoms with Crippen LogP contribution in [0.3, 0.4) is 0 Å². The quantitative estimate of drug-likeness (QED) is 0.320. The first-order valence-corrected chi connectivity index (χ1v) is 12.4. The molecule has 0 unspecified atom stereocenters. The molecule has 36 heavy (non-hydrogen) atoms. The SMILES string of the molecule is CCC(=O)C1(c2ccc(-n3c(-c4cccnc4N)nc4ccc(-c5ccccc5)nc43)cc2)CCC1. The summed E-state index contributed by atoms with van der Waals surface area (Å²) in [4.78, 5) is 27.0. The number of Topliss-reactive ketones (excluding diaryl/α,β-unsaturated/α-hetero) is 1. The van der Waals surface area contributed by atoms with Crippen molar-refractivity contribution in [3.05, 3.63) is 90.6 Å². The van der Waals surface area contributed by atoms with Gasteiger partial charge < -0.3 is 5.73 Å². The highest BCUT2D eigenvalue weighted by molar-refractivity contribution is 5.91. The Hall–Kier alpha value is -4.32.